The number of carbonyl (C=O) groups is 1. The molecule has 0 radical (unpaired) electrons. The van der Waals surface area contributed by atoms with Crippen LogP contribution in [0.5, 0.6) is 5.75 Å². The second-order valence-corrected chi connectivity index (χ2v) is 9.23. The first kappa shape index (κ1) is 19.5. The lowest BCUT2D eigenvalue weighted by molar-refractivity contribution is -0.137. The monoisotopic (exact) mass is 400 g/mol. The number of likely N-dealkylation sites (tertiary alicyclic amines) is 1. The van der Waals surface area contributed by atoms with Gasteiger partial charge in [0.1, 0.15) is 5.75 Å². The van der Waals surface area contributed by atoms with Gasteiger partial charge in [-0.25, -0.2) is 8.42 Å². The van der Waals surface area contributed by atoms with E-state index in [-0.39, 0.29) is 28.3 Å². The summed E-state index contributed by atoms with van der Waals surface area (Å²) in [6.45, 7) is 2.24. The molecule has 2 saturated heterocycles. The SMILES string of the molecule is COc1ccc(S(=O)(=O)N2CCC[C@H](C(=O)N3CCCCC3)C2)cc1Cl. The van der Waals surface area contributed by atoms with Gasteiger partial charge in [-0.2, -0.15) is 4.31 Å². The van der Waals surface area contributed by atoms with Crippen LogP contribution in [-0.2, 0) is 14.8 Å². The predicted molar refractivity (Wildman–Crippen MR) is 99.9 cm³/mol. The van der Waals surface area contributed by atoms with E-state index in [1.165, 1.54) is 23.5 Å². The molecule has 2 heterocycles. The fourth-order valence-electron chi connectivity index (χ4n) is 3.69. The van der Waals surface area contributed by atoms with Crippen molar-refractivity contribution in [3.05, 3.63) is 23.2 Å². The van der Waals surface area contributed by atoms with Crippen LogP contribution in [-0.4, -0.2) is 56.8 Å². The molecule has 1 amide bonds. The van der Waals surface area contributed by atoms with Crippen molar-refractivity contribution >= 4 is 27.5 Å². The maximum atomic E-state index is 13.0. The number of halogens is 1. The topological polar surface area (TPSA) is 66.9 Å². The highest BCUT2D eigenvalue weighted by Crippen LogP contribution is 2.30. The third kappa shape index (κ3) is 4.00. The molecule has 3 rings (SSSR count). The molecule has 2 aliphatic heterocycles. The van der Waals surface area contributed by atoms with Crippen molar-refractivity contribution in [1.29, 1.82) is 0 Å². The van der Waals surface area contributed by atoms with Gasteiger partial charge >= 0.3 is 0 Å². The molecule has 0 aliphatic carbocycles. The van der Waals surface area contributed by atoms with Crippen molar-refractivity contribution in [3.8, 4) is 5.75 Å². The fraction of sp³-hybridized carbons (Fsp3) is 0.611. The van der Waals surface area contributed by atoms with E-state index in [1.807, 2.05) is 4.90 Å². The molecule has 1 aromatic rings. The number of carbonyl (C=O) groups excluding carboxylic acids is 1. The molecule has 26 heavy (non-hydrogen) atoms. The van der Waals surface area contributed by atoms with Gasteiger partial charge < -0.3 is 9.64 Å². The lowest BCUT2D eigenvalue weighted by atomic mass is 9.97. The number of ether oxygens (including phenoxy) is 1. The lowest BCUT2D eigenvalue weighted by Crippen LogP contribution is -2.47. The summed E-state index contributed by atoms with van der Waals surface area (Å²) in [5.74, 6) is 0.269. The molecule has 0 bridgehead atoms. The quantitative estimate of drug-likeness (QED) is 0.779. The van der Waals surface area contributed by atoms with Crippen molar-refractivity contribution in [2.45, 2.75) is 37.0 Å². The van der Waals surface area contributed by atoms with Gasteiger partial charge in [0.05, 0.1) is 22.9 Å². The minimum absolute atomic E-state index is 0.0948. The van der Waals surface area contributed by atoms with Crippen LogP contribution in [0.3, 0.4) is 0 Å². The Labute approximate surface area is 160 Å². The second kappa shape index (κ2) is 8.15. The first-order valence-electron chi connectivity index (χ1n) is 9.06. The van der Waals surface area contributed by atoms with Gasteiger partial charge in [-0.15, -0.1) is 0 Å². The molecule has 0 unspecified atom stereocenters. The summed E-state index contributed by atoms with van der Waals surface area (Å²) in [6.07, 6.45) is 4.65. The summed E-state index contributed by atoms with van der Waals surface area (Å²) < 4.78 is 32.5. The molecule has 0 saturated carbocycles. The molecule has 0 spiro atoms. The number of benzene rings is 1. The predicted octanol–water partition coefficient (Wildman–Crippen LogP) is 2.76. The first-order valence-corrected chi connectivity index (χ1v) is 10.9. The first-order chi connectivity index (χ1) is 12.4. The van der Waals surface area contributed by atoms with Crippen molar-refractivity contribution in [2.75, 3.05) is 33.3 Å². The van der Waals surface area contributed by atoms with Crippen LogP contribution < -0.4 is 4.74 Å². The maximum absolute atomic E-state index is 13.0. The molecule has 2 fully saturated rings. The Morgan fingerprint density at radius 3 is 2.54 bits per heavy atom. The second-order valence-electron chi connectivity index (χ2n) is 6.88. The van der Waals surface area contributed by atoms with Crippen LogP contribution >= 0.6 is 11.6 Å². The van der Waals surface area contributed by atoms with E-state index in [4.69, 9.17) is 16.3 Å². The standard InChI is InChI=1S/C18H25ClN2O4S/c1-25-17-8-7-15(12-16(17)19)26(23,24)21-11-5-6-14(13-21)18(22)20-9-3-2-4-10-20/h7-8,12,14H,2-6,9-11,13H2,1H3/t14-/m0/s1. The Kier molecular flexibility index (Phi) is 6.10. The fourth-order valence-corrected chi connectivity index (χ4v) is 5.56. The molecule has 8 heteroatoms. The van der Waals surface area contributed by atoms with Crippen LogP contribution in [0.25, 0.3) is 0 Å². The van der Waals surface area contributed by atoms with Gasteiger partial charge in [0.15, 0.2) is 0 Å². The highest BCUT2D eigenvalue weighted by atomic mass is 35.5. The van der Waals surface area contributed by atoms with Gasteiger partial charge in [-0.05, 0) is 50.3 Å². The number of hydrogen-bond acceptors (Lipinski definition) is 4. The summed E-state index contributed by atoms with van der Waals surface area (Å²) >= 11 is 6.09. The molecule has 144 valence electrons. The molecular weight excluding hydrogens is 376 g/mol. The Hall–Kier alpha value is -1.31. The third-order valence-electron chi connectivity index (χ3n) is 5.16. The number of sulfonamides is 1. The average molecular weight is 401 g/mol. The summed E-state index contributed by atoms with van der Waals surface area (Å²) in [6, 6.07) is 4.46. The molecule has 6 nitrogen and oxygen atoms in total. The van der Waals surface area contributed by atoms with Gasteiger partial charge in [-0.1, -0.05) is 11.6 Å². The van der Waals surface area contributed by atoms with Gasteiger partial charge in [0.2, 0.25) is 15.9 Å². The molecule has 1 aromatic carbocycles. The Bertz CT molecular complexity index is 762. The minimum Gasteiger partial charge on any atom is -0.495 e. The average Bonchev–Trinajstić information content (AvgIpc) is 2.68. The largest absolute Gasteiger partial charge is 0.495 e. The van der Waals surface area contributed by atoms with Crippen molar-refractivity contribution in [2.24, 2.45) is 5.92 Å². The van der Waals surface area contributed by atoms with Gasteiger partial charge in [0.25, 0.3) is 0 Å². The maximum Gasteiger partial charge on any atom is 0.243 e. The van der Waals surface area contributed by atoms with Crippen LogP contribution in [0.15, 0.2) is 23.1 Å². The number of amides is 1. The summed E-state index contributed by atoms with van der Waals surface area (Å²) in [5, 5.41) is 0.256. The Morgan fingerprint density at radius 1 is 1.15 bits per heavy atom. The molecule has 0 N–H and O–H groups in total. The van der Waals surface area contributed by atoms with Gasteiger partial charge in [0, 0.05) is 26.2 Å². The van der Waals surface area contributed by atoms with Crippen molar-refractivity contribution in [1.82, 2.24) is 9.21 Å². The van der Waals surface area contributed by atoms with Crippen molar-refractivity contribution in [3.63, 3.8) is 0 Å². The van der Waals surface area contributed by atoms with Crippen molar-refractivity contribution < 1.29 is 17.9 Å². The van der Waals surface area contributed by atoms with E-state index in [0.717, 1.165) is 38.8 Å². The highest BCUT2D eigenvalue weighted by Gasteiger charge is 2.35. The molecule has 1 atom stereocenters. The summed E-state index contributed by atoms with van der Waals surface area (Å²) in [7, 11) is -2.20. The van der Waals surface area contributed by atoms with Crippen LogP contribution in [0.1, 0.15) is 32.1 Å². The van der Waals surface area contributed by atoms with E-state index in [0.29, 0.717) is 18.7 Å². The molecule has 2 aliphatic rings. The van der Waals surface area contributed by atoms with E-state index >= 15 is 0 Å². The highest BCUT2D eigenvalue weighted by molar-refractivity contribution is 7.89. The number of piperidine rings is 2. The molecule has 0 aromatic heterocycles. The lowest BCUT2D eigenvalue weighted by Gasteiger charge is -2.35. The van der Waals surface area contributed by atoms with Crippen LogP contribution in [0.4, 0.5) is 0 Å². The number of rotatable bonds is 4. The summed E-state index contributed by atoms with van der Waals surface area (Å²) in [5.41, 5.74) is 0. The number of methoxy groups -OCH3 is 1. The van der Waals surface area contributed by atoms with Crippen LogP contribution in [0.2, 0.25) is 5.02 Å². The Morgan fingerprint density at radius 2 is 1.88 bits per heavy atom. The van der Waals surface area contributed by atoms with E-state index in [1.54, 1.807) is 6.07 Å². The normalized spacial score (nSPS) is 22.2. The summed E-state index contributed by atoms with van der Waals surface area (Å²) in [4.78, 5) is 14.8. The third-order valence-corrected chi connectivity index (χ3v) is 7.32. The smallest absolute Gasteiger partial charge is 0.243 e. The van der Waals surface area contributed by atoms with E-state index in [9.17, 15) is 13.2 Å². The minimum atomic E-state index is -3.68. The zero-order valence-corrected chi connectivity index (χ0v) is 16.6. The molecular formula is C18H25ClN2O4S. The zero-order valence-electron chi connectivity index (χ0n) is 15.0. The van der Waals surface area contributed by atoms with Crippen LogP contribution in [0, 0.1) is 5.92 Å². The Balaban J connectivity index is 1.75. The van der Waals surface area contributed by atoms with Gasteiger partial charge in [-0.3, -0.25) is 4.79 Å². The number of nitrogens with zero attached hydrogens (tertiary/aromatic N) is 2. The zero-order chi connectivity index (χ0) is 18.7. The van der Waals surface area contributed by atoms with E-state index in [2.05, 4.69) is 0 Å². The number of hydrogen-bond donors (Lipinski definition) is 0. The van der Waals surface area contributed by atoms with E-state index < -0.39 is 10.0 Å².